The number of nitrogens with zero attached hydrogens (tertiary/aromatic N) is 6. The molecule has 1 amide bonds. The molecule has 0 radical (unpaired) electrons. The van der Waals surface area contributed by atoms with E-state index < -0.39 is 5.97 Å². The molecule has 5 heterocycles. The summed E-state index contributed by atoms with van der Waals surface area (Å²) < 4.78 is 18.5. The highest BCUT2D eigenvalue weighted by molar-refractivity contribution is 6.35. The summed E-state index contributed by atoms with van der Waals surface area (Å²) in [7, 11) is 1.92. The van der Waals surface area contributed by atoms with Crippen LogP contribution in [-0.2, 0) is 26.6 Å². The van der Waals surface area contributed by atoms with E-state index in [0.29, 0.717) is 58.2 Å². The van der Waals surface area contributed by atoms with Gasteiger partial charge in [-0.15, -0.1) is 0 Å². The summed E-state index contributed by atoms with van der Waals surface area (Å²) in [5.41, 5.74) is 10.6. The average molecular weight is 896 g/mol. The molecule has 1 unspecified atom stereocenters. The first-order valence-corrected chi connectivity index (χ1v) is 22.1. The maximum atomic E-state index is 15.8. The number of carbonyl (C=O) groups excluding carboxylic acids is 1. The van der Waals surface area contributed by atoms with Crippen molar-refractivity contribution < 1.29 is 24.2 Å². The Morgan fingerprint density at radius 2 is 1.61 bits per heavy atom. The Bertz CT molecular complexity index is 3090. The lowest BCUT2D eigenvalue weighted by Crippen LogP contribution is -2.43. The number of fused-ring (bicyclic) bond motifs is 4. The maximum absolute atomic E-state index is 15.8. The fourth-order valence-corrected chi connectivity index (χ4v) is 9.68. The van der Waals surface area contributed by atoms with E-state index in [1.54, 1.807) is 21.7 Å². The first-order valence-electron chi connectivity index (χ1n) is 21.3. The van der Waals surface area contributed by atoms with Crippen molar-refractivity contribution in [3.8, 4) is 22.6 Å². The molecular weight excluding hydrogens is 848 g/mol. The van der Waals surface area contributed by atoms with Gasteiger partial charge in [0.05, 0.1) is 46.3 Å². The second-order valence-electron chi connectivity index (χ2n) is 16.7. The molecule has 9 rings (SSSR count). The number of carbonyl (C=O) groups is 2. The van der Waals surface area contributed by atoms with Crippen LogP contribution in [-0.4, -0.2) is 54.0 Å². The molecule has 1 atom stereocenters. The van der Waals surface area contributed by atoms with Gasteiger partial charge in [-0.05, 0) is 112 Å². The van der Waals surface area contributed by atoms with Crippen LogP contribution in [0.4, 0.5) is 5.69 Å². The van der Waals surface area contributed by atoms with Crippen molar-refractivity contribution in [3.63, 3.8) is 0 Å². The fraction of sp³-hybridized carbons (Fsp3) is 0.255. The summed E-state index contributed by atoms with van der Waals surface area (Å²) in [6, 6.07) is 28.3. The van der Waals surface area contributed by atoms with Gasteiger partial charge in [0.15, 0.2) is 0 Å². The number of hydrogen-bond acceptors (Lipinski definition) is 6. The number of aromatic nitrogens is 5. The Hall–Kier alpha value is -6.56. The van der Waals surface area contributed by atoms with Crippen molar-refractivity contribution in [2.75, 3.05) is 18.1 Å². The number of carboxylic acid groups (broad SMARTS) is 1. The summed E-state index contributed by atoms with van der Waals surface area (Å²) in [6.45, 7) is 11.2. The van der Waals surface area contributed by atoms with E-state index in [1.165, 1.54) is 0 Å². The number of aryl methyl sites for hydroxylation is 5. The summed E-state index contributed by atoms with van der Waals surface area (Å²) in [4.78, 5) is 35.1. The van der Waals surface area contributed by atoms with Crippen molar-refractivity contribution in [2.45, 2.75) is 66.7 Å². The fourth-order valence-electron chi connectivity index (χ4n) is 9.33. The van der Waals surface area contributed by atoms with Crippen LogP contribution in [0.5, 0.6) is 11.5 Å². The summed E-state index contributed by atoms with van der Waals surface area (Å²) in [5, 5.41) is 18.2. The van der Waals surface area contributed by atoms with Crippen LogP contribution in [0.3, 0.4) is 0 Å². The topological polar surface area (TPSA) is 117 Å². The molecule has 4 aromatic heterocycles. The van der Waals surface area contributed by atoms with E-state index >= 15 is 4.79 Å². The second kappa shape index (κ2) is 17.2. The molecule has 0 saturated carbocycles. The molecule has 64 heavy (non-hydrogen) atoms. The van der Waals surface area contributed by atoms with E-state index in [1.807, 2.05) is 124 Å². The van der Waals surface area contributed by atoms with Crippen LogP contribution >= 0.6 is 23.2 Å². The number of amides is 1. The van der Waals surface area contributed by atoms with Gasteiger partial charge in [0.1, 0.15) is 29.5 Å². The Balaban J connectivity index is 1.21. The summed E-state index contributed by atoms with van der Waals surface area (Å²) in [5.74, 6) is -0.0723. The second-order valence-corrected chi connectivity index (χ2v) is 17.5. The lowest BCUT2D eigenvalue weighted by atomic mass is 9.98. The molecular formula is C51H48Cl2N6O5. The predicted molar refractivity (Wildman–Crippen MR) is 253 cm³/mol. The minimum atomic E-state index is -1.10. The van der Waals surface area contributed by atoms with Crippen molar-refractivity contribution in [1.82, 2.24) is 23.9 Å². The minimum Gasteiger partial charge on any atom is -0.494 e. The molecule has 0 spiro atoms. The normalized spacial score (nSPS) is 13.8. The van der Waals surface area contributed by atoms with Crippen molar-refractivity contribution in [3.05, 3.63) is 158 Å². The van der Waals surface area contributed by atoms with E-state index in [-0.39, 0.29) is 37.3 Å². The SMILES string of the molecule is Cc1cc(OCCCc2c3n(c4c(-c5c(C)nn(C)c5C)c(Cl)ccc24)C(C)CN(c2cc(OCc4ccccc4)cc4cc(C(=O)O)n(Cc5ccccn5)c24)C3=O)cc(C)c1Cl. The molecule has 4 aromatic carbocycles. The zero-order chi connectivity index (χ0) is 45.0. The highest BCUT2D eigenvalue weighted by atomic mass is 35.5. The van der Waals surface area contributed by atoms with Crippen LogP contribution in [0.1, 0.15) is 79.7 Å². The summed E-state index contributed by atoms with van der Waals surface area (Å²) >= 11 is 13.7. The molecule has 0 fully saturated rings. The van der Waals surface area contributed by atoms with Crippen LogP contribution < -0.4 is 14.4 Å². The van der Waals surface area contributed by atoms with Gasteiger partial charge < -0.3 is 28.6 Å². The van der Waals surface area contributed by atoms with Crippen LogP contribution in [0.25, 0.3) is 32.9 Å². The average Bonchev–Trinajstić information content (AvgIpc) is 3.90. The first-order chi connectivity index (χ1) is 30.8. The van der Waals surface area contributed by atoms with E-state index in [9.17, 15) is 9.90 Å². The number of hydrogen-bond donors (Lipinski definition) is 1. The smallest absolute Gasteiger partial charge is 0.352 e. The number of halogens is 2. The third-order valence-corrected chi connectivity index (χ3v) is 13.2. The van der Waals surface area contributed by atoms with Crippen molar-refractivity contribution >= 4 is 62.6 Å². The monoisotopic (exact) mass is 894 g/mol. The van der Waals surface area contributed by atoms with Gasteiger partial charge in [0.2, 0.25) is 0 Å². The number of carboxylic acids is 1. The van der Waals surface area contributed by atoms with Gasteiger partial charge in [-0.2, -0.15) is 5.10 Å². The third kappa shape index (κ3) is 7.66. The lowest BCUT2D eigenvalue weighted by Gasteiger charge is -2.35. The first kappa shape index (κ1) is 42.7. The Morgan fingerprint density at radius 3 is 2.30 bits per heavy atom. The quantitative estimate of drug-likeness (QED) is 0.115. The largest absolute Gasteiger partial charge is 0.494 e. The van der Waals surface area contributed by atoms with Gasteiger partial charge in [0.25, 0.3) is 5.91 Å². The highest BCUT2D eigenvalue weighted by Gasteiger charge is 2.38. The molecule has 0 saturated heterocycles. The van der Waals surface area contributed by atoms with E-state index in [4.69, 9.17) is 37.8 Å². The van der Waals surface area contributed by atoms with Gasteiger partial charge >= 0.3 is 5.97 Å². The van der Waals surface area contributed by atoms with Gasteiger partial charge in [-0.25, -0.2) is 4.79 Å². The molecule has 0 bridgehead atoms. The van der Waals surface area contributed by atoms with Crippen LogP contribution in [0, 0.1) is 27.7 Å². The lowest BCUT2D eigenvalue weighted by molar-refractivity contribution is 0.0686. The van der Waals surface area contributed by atoms with Gasteiger partial charge in [-0.1, -0.05) is 65.7 Å². The molecule has 1 aliphatic heterocycles. The molecule has 326 valence electrons. The standard InChI is InChI=1S/C51H48Cl2N6O5/c1-29-21-37(22-30(2)46(29)53)63-20-12-16-39-40-17-18-41(52)45(44-32(4)55-56(6)33(44)5)48(40)59-31(3)26-58(50(60)49(39)59)42-25-38(64-28-34-13-8-7-9-14-34)23-35-24-43(51(61)62)57(47(35)42)27-36-15-10-11-19-54-36/h7-11,13-15,17-19,21-25,31H,12,16,20,26-28H2,1-6H3,(H,61,62). The summed E-state index contributed by atoms with van der Waals surface area (Å²) in [6.07, 6.45) is 2.82. The minimum absolute atomic E-state index is 0.0713. The zero-order valence-corrected chi connectivity index (χ0v) is 38.1. The molecule has 8 aromatic rings. The Labute approximate surface area is 381 Å². The Morgan fingerprint density at radius 1 is 0.875 bits per heavy atom. The van der Waals surface area contributed by atoms with Crippen LogP contribution in [0.15, 0.2) is 97.2 Å². The van der Waals surface area contributed by atoms with Gasteiger partial charge in [0, 0.05) is 64.5 Å². The van der Waals surface area contributed by atoms with Crippen LogP contribution in [0.2, 0.25) is 10.0 Å². The molecule has 0 aliphatic carbocycles. The Kier molecular flexibility index (Phi) is 11.5. The maximum Gasteiger partial charge on any atom is 0.352 e. The molecule has 11 nitrogen and oxygen atoms in total. The number of benzene rings is 4. The number of anilines is 1. The predicted octanol–water partition coefficient (Wildman–Crippen LogP) is 11.5. The van der Waals surface area contributed by atoms with E-state index in [0.717, 1.165) is 66.4 Å². The molecule has 1 N–H and O–H groups in total. The molecule has 1 aliphatic rings. The number of aromatic carboxylic acids is 1. The number of ether oxygens (including phenoxy) is 2. The number of pyridine rings is 1. The zero-order valence-electron chi connectivity index (χ0n) is 36.6. The van der Waals surface area contributed by atoms with Gasteiger partial charge in [-0.3, -0.25) is 14.5 Å². The van der Waals surface area contributed by atoms with Crippen molar-refractivity contribution in [2.24, 2.45) is 7.05 Å². The molecule has 13 heteroatoms. The van der Waals surface area contributed by atoms with Crippen molar-refractivity contribution in [1.29, 1.82) is 0 Å². The highest BCUT2D eigenvalue weighted by Crippen LogP contribution is 2.46. The van der Waals surface area contributed by atoms with E-state index in [2.05, 4.69) is 16.5 Å². The third-order valence-electron chi connectivity index (χ3n) is 12.3. The number of rotatable bonds is 13.